The molecular formula is C21H27AsN2O3. The Kier molecular flexibility index (Phi) is 5.80. The second kappa shape index (κ2) is 7.93. The van der Waals surface area contributed by atoms with Crippen molar-refractivity contribution in [2.24, 2.45) is 5.92 Å². The Hall–Kier alpha value is -2.00. The molecule has 2 atom stereocenters. The molecule has 1 aromatic heterocycles. The van der Waals surface area contributed by atoms with E-state index >= 15 is 0 Å². The second-order valence-electron chi connectivity index (χ2n) is 7.90. The molecule has 0 bridgehead atoms. The molecule has 0 spiro atoms. The normalized spacial score (nSPS) is 14.6. The van der Waals surface area contributed by atoms with E-state index in [4.69, 9.17) is 9.47 Å². The number of aromatic nitrogens is 1. The van der Waals surface area contributed by atoms with Crippen molar-refractivity contribution in [3.05, 3.63) is 36.0 Å². The van der Waals surface area contributed by atoms with Crippen LogP contribution in [-0.4, -0.2) is 34.4 Å². The molecule has 0 aliphatic carbocycles. The number of nitrogens with zero attached hydrogens (tertiary/aromatic N) is 1. The average Bonchev–Trinajstić information content (AvgIpc) is 2.58. The molecule has 2 heterocycles. The standard InChI is InChI=1S/C21H27AsN2O3/c1-13(2)9-21(4,22)12-27-16-5-6-17-15(7-16)11-26-19-10-23-20(8-18(17)19)24-14(3)25/h5-8,10,13H,9,11-12,22H2,1-4H3,(H,23,24,25). The van der Waals surface area contributed by atoms with Crippen LogP contribution < -0.4 is 14.8 Å². The maximum atomic E-state index is 11.3. The van der Waals surface area contributed by atoms with Crippen molar-refractivity contribution in [2.45, 2.75) is 44.9 Å². The molecule has 2 aromatic rings. The van der Waals surface area contributed by atoms with Gasteiger partial charge in [0.1, 0.15) is 0 Å². The molecule has 27 heavy (non-hydrogen) atoms. The molecule has 1 aliphatic heterocycles. The van der Waals surface area contributed by atoms with Gasteiger partial charge in [0.05, 0.1) is 0 Å². The van der Waals surface area contributed by atoms with Gasteiger partial charge in [-0.3, -0.25) is 4.79 Å². The molecule has 1 aromatic carbocycles. The number of rotatable bonds is 6. The molecule has 1 N–H and O–H groups in total. The van der Waals surface area contributed by atoms with E-state index in [1.807, 2.05) is 12.1 Å². The van der Waals surface area contributed by atoms with Crippen LogP contribution >= 0.6 is 0 Å². The van der Waals surface area contributed by atoms with Gasteiger partial charge < -0.3 is 0 Å². The summed E-state index contributed by atoms with van der Waals surface area (Å²) in [6.07, 6.45) is 2.80. The van der Waals surface area contributed by atoms with Gasteiger partial charge in [-0.2, -0.15) is 0 Å². The summed E-state index contributed by atoms with van der Waals surface area (Å²) >= 11 is 1.73. The fraction of sp³-hybridized carbons (Fsp3) is 0.429. The Morgan fingerprint density at radius 1 is 1.37 bits per heavy atom. The number of amides is 1. The van der Waals surface area contributed by atoms with Crippen LogP contribution in [0.3, 0.4) is 0 Å². The van der Waals surface area contributed by atoms with Gasteiger partial charge in [0.2, 0.25) is 0 Å². The number of benzene rings is 1. The molecule has 0 saturated heterocycles. The van der Waals surface area contributed by atoms with Crippen molar-refractivity contribution in [2.75, 3.05) is 11.9 Å². The van der Waals surface area contributed by atoms with Crippen molar-refractivity contribution in [3.8, 4) is 22.6 Å². The molecule has 2 unspecified atom stereocenters. The van der Waals surface area contributed by atoms with Crippen molar-refractivity contribution >= 4 is 28.6 Å². The van der Waals surface area contributed by atoms with E-state index in [-0.39, 0.29) is 10.1 Å². The first-order valence-corrected chi connectivity index (χ1v) is 10.4. The van der Waals surface area contributed by atoms with Gasteiger partial charge in [0.25, 0.3) is 0 Å². The van der Waals surface area contributed by atoms with Crippen molar-refractivity contribution in [1.82, 2.24) is 4.98 Å². The molecule has 5 nitrogen and oxygen atoms in total. The minimum atomic E-state index is -0.145. The zero-order valence-corrected chi connectivity index (χ0v) is 18.8. The molecule has 3 rings (SSSR count). The van der Waals surface area contributed by atoms with E-state index in [0.29, 0.717) is 24.9 Å². The molecule has 0 saturated carbocycles. The summed E-state index contributed by atoms with van der Waals surface area (Å²) in [5.41, 5.74) is 3.10. The van der Waals surface area contributed by atoms with Crippen molar-refractivity contribution in [1.29, 1.82) is 0 Å². The number of hydrogen-bond donors (Lipinski definition) is 1. The van der Waals surface area contributed by atoms with Crippen LogP contribution in [0.5, 0.6) is 11.5 Å². The third kappa shape index (κ3) is 5.04. The maximum absolute atomic E-state index is 11.3. The van der Waals surface area contributed by atoms with E-state index in [2.05, 4.69) is 43.2 Å². The number of carbonyl (C=O) groups excluding carboxylic acids is 1. The Labute approximate surface area is 169 Å². The number of fused-ring (bicyclic) bond motifs is 3. The third-order valence-corrected chi connectivity index (χ3v) is 5.21. The predicted octanol–water partition coefficient (Wildman–Crippen LogP) is 3.84. The van der Waals surface area contributed by atoms with E-state index in [1.54, 1.807) is 23.0 Å². The van der Waals surface area contributed by atoms with Crippen LogP contribution in [0.15, 0.2) is 30.5 Å². The van der Waals surface area contributed by atoms with E-state index < -0.39 is 0 Å². The van der Waals surface area contributed by atoms with E-state index in [1.165, 1.54) is 6.92 Å². The predicted molar refractivity (Wildman–Crippen MR) is 110 cm³/mol. The summed E-state index contributed by atoms with van der Waals surface area (Å²) in [7, 11) is 0. The first kappa shape index (κ1) is 19.8. The minimum absolute atomic E-state index is 0.145. The number of ether oxygens (including phenoxy) is 2. The second-order valence-corrected chi connectivity index (χ2v) is 10.8. The summed E-state index contributed by atoms with van der Waals surface area (Å²) in [5, 5.41) is 2.72. The monoisotopic (exact) mass is 430 g/mol. The summed E-state index contributed by atoms with van der Waals surface area (Å²) in [4.78, 5) is 15.5. The van der Waals surface area contributed by atoms with Gasteiger partial charge >= 0.3 is 158 Å². The Balaban J connectivity index is 1.80. The van der Waals surface area contributed by atoms with Crippen molar-refractivity contribution < 1.29 is 14.3 Å². The number of carbonyl (C=O) groups is 1. The number of anilines is 1. The zero-order valence-electron chi connectivity index (χ0n) is 16.3. The van der Waals surface area contributed by atoms with E-state index in [9.17, 15) is 4.79 Å². The molecule has 1 amide bonds. The topological polar surface area (TPSA) is 60.5 Å². The Bertz CT molecular complexity index is 849. The van der Waals surface area contributed by atoms with Gasteiger partial charge in [-0.15, -0.1) is 0 Å². The van der Waals surface area contributed by atoms with Crippen LogP contribution in [0, 0.1) is 5.92 Å². The average molecular weight is 430 g/mol. The van der Waals surface area contributed by atoms with Gasteiger partial charge in [0, 0.05) is 6.92 Å². The summed E-state index contributed by atoms with van der Waals surface area (Å²) in [6, 6.07) is 7.97. The number of nitrogens with one attached hydrogen (secondary N) is 1. The van der Waals surface area contributed by atoms with Crippen LogP contribution in [0.4, 0.5) is 5.82 Å². The van der Waals surface area contributed by atoms with Gasteiger partial charge in [-0.1, -0.05) is 0 Å². The zero-order chi connectivity index (χ0) is 19.6. The molecular weight excluding hydrogens is 403 g/mol. The van der Waals surface area contributed by atoms with Gasteiger partial charge in [-0.05, 0) is 0 Å². The SMILES string of the molecule is CC(=O)Nc1cc2c(cn1)OCc1cc(OCC(C)([AsH2])CC(C)C)ccc1-2. The van der Waals surface area contributed by atoms with Crippen LogP contribution in [-0.2, 0) is 11.4 Å². The van der Waals surface area contributed by atoms with Crippen molar-refractivity contribution in [3.63, 3.8) is 0 Å². The quantitative estimate of drug-likeness (QED) is 0.708. The van der Waals surface area contributed by atoms with Gasteiger partial charge in [-0.25, -0.2) is 0 Å². The summed E-state index contributed by atoms with van der Waals surface area (Å²) < 4.78 is 12.1. The number of pyridine rings is 1. The van der Waals surface area contributed by atoms with Crippen LogP contribution in [0.25, 0.3) is 11.1 Å². The number of hydrogen-bond acceptors (Lipinski definition) is 4. The Morgan fingerprint density at radius 3 is 2.85 bits per heavy atom. The first-order chi connectivity index (χ1) is 12.7. The fourth-order valence-electron chi connectivity index (χ4n) is 3.45. The Morgan fingerprint density at radius 2 is 2.15 bits per heavy atom. The third-order valence-electron chi connectivity index (χ3n) is 4.36. The summed E-state index contributed by atoms with van der Waals surface area (Å²) in [5.74, 6) is 2.63. The molecule has 0 radical (unpaired) electrons. The molecule has 1 aliphatic rings. The molecule has 144 valence electrons. The van der Waals surface area contributed by atoms with Gasteiger partial charge in [0.15, 0.2) is 0 Å². The van der Waals surface area contributed by atoms with Crippen LogP contribution in [0.1, 0.15) is 39.7 Å². The first-order valence-electron chi connectivity index (χ1n) is 9.19. The molecule has 6 heteroatoms. The molecule has 0 fully saturated rings. The van der Waals surface area contributed by atoms with Crippen LogP contribution in [0.2, 0.25) is 4.20 Å². The fourth-order valence-corrected chi connectivity index (χ4v) is 4.62. The summed E-state index contributed by atoms with van der Waals surface area (Å²) in [6.45, 7) is 9.42. The van der Waals surface area contributed by atoms with E-state index in [0.717, 1.165) is 34.6 Å².